The number of nitrogens with one attached hydrogen (secondary N) is 1. The minimum absolute atomic E-state index is 0.155. The van der Waals surface area contributed by atoms with Gasteiger partial charge < -0.3 is 19.5 Å². The maximum absolute atomic E-state index is 12.3. The molecule has 0 aliphatic rings. The highest BCUT2D eigenvalue weighted by atomic mass is 35.5. The van der Waals surface area contributed by atoms with E-state index in [1.165, 1.54) is 33.3 Å². The molecule has 0 aliphatic carbocycles. The van der Waals surface area contributed by atoms with E-state index in [0.29, 0.717) is 17.2 Å². The third kappa shape index (κ3) is 4.67. The predicted molar refractivity (Wildman–Crippen MR) is 99.2 cm³/mol. The summed E-state index contributed by atoms with van der Waals surface area (Å²) in [5.41, 5.74) is 1.79. The van der Waals surface area contributed by atoms with Crippen molar-refractivity contribution in [2.45, 2.75) is 20.0 Å². The zero-order valence-corrected chi connectivity index (χ0v) is 15.7. The quantitative estimate of drug-likeness (QED) is 0.774. The highest BCUT2D eigenvalue weighted by Crippen LogP contribution is 2.36. The van der Waals surface area contributed by atoms with Crippen molar-refractivity contribution in [1.29, 1.82) is 0 Å². The van der Waals surface area contributed by atoms with Gasteiger partial charge in [-0.2, -0.15) is 0 Å². The second-order valence-corrected chi connectivity index (χ2v) is 6.01. The fourth-order valence-electron chi connectivity index (χ4n) is 2.28. The molecule has 0 aromatic heterocycles. The number of rotatable bonds is 6. The molecule has 7 heteroatoms. The monoisotopic (exact) mass is 377 g/mol. The molecular formula is C19H20ClNO5. The lowest BCUT2D eigenvalue weighted by molar-refractivity contribution is -0.123. The number of methoxy groups -OCH3 is 2. The van der Waals surface area contributed by atoms with Gasteiger partial charge in [0.1, 0.15) is 0 Å². The molecule has 26 heavy (non-hydrogen) atoms. The number of aryl methyl sites for hydroxylation is 1. The van der Waals surface area contributed by atoms with Crippen molar-refractivity contribution in [1.82, 2.24) is 0 Å². The van der Waals surface area contributed by atoms with Crippen molar-refractivity contribution in [3.05, 3.63) is 52.5 Å². The molecule has 0 fully saturated rings. The third-order valence-corrected chi connectivity index (χ3v) is 3.89. The zero-order valence-electron chi connectivity index (χ0n) is 15.0. The van der Waals surface area contributed by atoms with Crippen LogP contribution in [0.25, 0.3) is 0 Å². The Balaban J connectivity index is 2.09. The number of carbonyl (C=O) groups is 2. The normalized spacial score (nSPS) is 11.4. The van der Waals surface area contributed by atoms with Crippen LogP contribution in [0.1, 0.15) is 22.8 Å². The fourth-order valence-corrected chi connectivity index (χ4v) is 2.57. The molecule has 0 heterocycles. The van der Waals surface area contributed by atoms with Crippen LogP contribution < -0.4 is 14.8 Å². The van der Waals surface area contributed by atoms with Crippen molar-refractivity contribution >= 4 is 29.2 Å². The topological polar surface area (TPSA) is 73.9 Å². The van der Waals surface area contributed by atoms with Gasteiger partial charge >= 0.3 is 5.97 Å². The van der Waals surface area contributed by atoms with Crippen LogP contribution in [0.3, 0.4) is 0 Å². The third-order valence-electron chi connectivity index (χ3n) is 3.61. The summed E-state index contributed by atoms with van der Waals surface area (Å²) >= 11 is 6.09. The Morgan fingerprint density at radius 3 is 2.46 bits per heavy atom. The van der Waals surface area contributed by atoms with Gasteiger partial charge in [-0.25, -0.2) is 4.79 Å². The Labute approximate surface area is 157 Å². The van der Waals surface area contributed by atoms with Gasteiger partial charge in [0.05, 0.1) is 24.8 Å². The molecule has 0 spiro atoms. The van der Waals surface area contributed by atoms with E-state index in [1.807, 2.05) is 25.1 Å². The standard InChI is InChI=1S/C19H20ClNO5/c1-11-6-5-7-14(8-11)21-18(22)12(2)26-19(23)13-9-15(20)17(25-4)16(10-13)24-3/h5-10,12H,1-4H3,(H,21,22). The summed E-state index contributed by atoms with van der Waals surface area (Å²) in [5, 5.41) is 2.91. The molecule has 0 bridgehead atoms. The molecule has 2 aromatic carbocycles. The maximum Gasteiger partial charge on any atom is 0.339 e. The molecule has 1 amide bonds. The number of esters is 1. The smallest absolute Gasteiger partial charge is 0.339 e. The van der Waals surface area contributed by atoms with Gasteiger partial charge in [0.15, 0.2) is 17.6 Å². The Morgan fingerprint density at radius 1 is 1.12 bits per heavy atom. The Hall–Kier alpha value is -2.73. The molecule has 1 N–H and O–H groups in total. The molecule has 1 unspecified atom stereocenters. The second kappa shape index (κ2) is 8.58. The van der Waals surface area contributed by atoms with E-state index in [0.717, 1.165) is 5.56 Å². The molecular weight excluding hydrogens is 358 g/mol. The maximum atomic E-state index is 12.3. The van der Waals surface area contributed by atoms with Crippen LogP contribution in [-0.4, -0.2) is 32.2 Å². The number of hydrogen-bond acceptors (Lipinski definition) is 5. The van der Waals surface area contributed by atoms with Gasteiger partial charge in [0, 0.05) is 5.69 Å². The minimum Gasteiger partial charge on any atom is -0.493 e. The summed E-state index contributed by atoms with van der Waals surface area (Å²) < 4.78 is 15.5. The second-order valence-electron chi connectivity index (χ2n) is 5.60. The van der Waals surface area contributed by atoms with E-state index in [1.54, 1.807) is 6.07 Å². The fraction of sp³-hybridized carbons (Fsp3) is 0.263. The summed E-state index contributed by atoms with van der Waals surface area (Å²) in [6.07, 6.45) is -0.991. The summed E-state index contributed by atoms with van der Waals surface area (Å²) in [4.78, 5) is 24.6. The van der Waals surface area contributed by atoms with E-state index in [-0.39, 0.29) is 10.6 Å². The summed E-state index contributed by atoms with van der Waals surface area (Å²) in [7, 11) is 2.88. The molecule has 6 nitrogen and oxygen atoms in total. The minimum atomic E-state index is -0.991. The number of amides is 1. The van der Waals surface area contributed by atoms with Crippen LogP contribution >= 0.6 is 11.6 Å². The molecule has 0 radical (unpaired) electrons. The van der Waals surface area contributed by atoms with Crippen molar-refractivity contribution < 1.29 is 23.8 Å². The van der Waals surface area contributed by atoms with E-state index >= 15 is 0 Å². The largest absolute Gasteiger partial charge is 0.493 e. The van der Waals surface area contributed by atoms with Gasteiger partial charge in [-0.1, -0.05) is 23.7 Å². The van der Waals surface area contributed by atoms with E-state index in [4.69, 9.17) is 25.8 Å². The van der Waals surface area contributed by atoms with Gasteiger partial charge in [0.25, 0.3) is 5.91 Å². The number of ether oxygens (including phenoxy) is 3. The van der Waals surface area contributed by atoms with Crippen LogP contribution in [0.4, 0.5) is 5.69 Å². The van der Waals surface area contributed by atoms with Gasteiger partial charge in [0.2, 0.25) is 0 Å². The van der Waals surface area contributed by atoms with E-state index < -0.39 is 18.0 Å². The summed E-state index contributed by atoms with van der Waals surface area (Å²) in [6.45, 7) is 3.41. The SMILES string of the molecule is COc1cc(C(=O)OC(C)C(=O)Nc2cccc(C)c2)cc(Cl)c1OC. The first-order valence-electron chi connectivity index (χ1n) is 7.85. The highest BCUT2D eigenvalue weighted by Gasteiger charge is 2.21. The lowest BCUT2D eigenvalue weighted by Gasteiger charge is -2.15. The zero-order chi connectivity index (χ0) is 19.3. The molecule has 0 aliphatic heterocycles. The van der Waals surface area contributed by atoms with Crippen LogP contribution in [0.15, 0.2) is 36.4 Å². The highest BCUT2D eigenvalue weighted by molar-refractivity contribution is 6.32. The number of hydrogen-bond donors (Lipinski definition) is 1. The summed E-state index contributed by atoms with van der Waals surface area (Å²) in [5.74, 6) is -0.518. The van der Waals surface area contributed by atoms with Gasteiger partial charge in [-0.15, -0.1) is 0 Å². The van der Waals surface area contributed by atoms with Crippen molar-refractivity contribution in [3.8, 4) is 11.5 Å². The molecule has 0 saturated heterocycles. The molecule has 2 rings (SSSR count). The first-order chi connectivity index (χ1) is 12.3. The van der Waals surface area contributed by atoms with Gasteiger partial charge in [-0.3, -0.25) is 4.79 Å². The summed E-state index contributed by atoms with van der Waals surface area (Å²) in [6, 6.07) is 10.2. The Bertz CT molecular complexity index is 822. The predicted octanol–water partition coefficient (Wildman–Crippen LogP) is 3.85. The number of benzene rings is 2. The first-order valence-corrected chi connectivity index (χ1v) is 8.23. The van der Waals surface area contributed by atoms with Crippen LogP contribution in [0.2, 0.25) is 5.02 Å². The van der Waals surface area contributed by atoms with Crippen LogP contribution in [0.5, 0.6) is 11.5 Å². The lowest BCUT2D eigenvalue weighted by atomic mass is 10.2. The average Bonchev–Trinajstić information content (AvgIpc) is 2.60. The van der Waals surface area contributed by atoms with Gasteiger partial charge in [-0.05, 0) is 43.7 Å². The van der Waals surface area contributed by atoms with Crippen molar-refractivity contribution in [2.24, 2.45) is 0 Å². The lowest BCUT2D eigenvalue weighted by Crippen LogP contribution is -2.30. The Kier molecular flexibility index (Phi) is 6.46. The van der Waals surface area contributed by atoms with Crippen molar-refractivity contribution in [2.75, 3.05) is 19.5 Å². The van der Waals surface area contributed by atoms with E-state index in [2.05, 4.69) is 5.32 Å². The number of halogens is 1. The molecule has 138 valence electrons. The number of carbonyl (C=O) groups excluding carboxylic acids is 2. The molecule has 2 aromatic rings. The van der Waals surface area contributed by atoms with Crippen LogP contribution in [-0.2, 0) is 9.53 Å². The average molecular weight is 378 g/mol. The Morgan fingerprint density at radius 2 is 1.85 bits per heavy atom. The van der Waals surface area contributed by atoms with Crippen LogP contribution in [0, 0.1) is 6.92 Å². The van der Waals surface area contributed by atoms with Crippen molar-refractivity contribution in [3.63, 3.8) is 0 Å². The first kappa shape index (κ1) is 19.6. The molecule has 1 atom stereocenters. The van der Waals surface area contributed by atoms with E-state index in [9.17, 15) is 9.59 Å². The number of anilines is 1. The molecule has 0 saturated carbocycles.